The Hall–Kier alpha value is -2.07. The van der Waals surface area contributed by atoms with Crippen molar-refractivity contribution >= 4 is 16.7 Å². The number of ether oxygens (including phenoxy) is 1. The molecule has 0 saturated heterocycles. The molecule has 0 heterocycles. The summed E-state index contributed by atoms with van der Waals surface area (Å²) in [6.45, 7) is 2.52. The Kier molecular flexibility index (Phi) is 5.17. The summed E-state index contributed by atoms with van der Waals surface area (Å²) in [4.78, 5) is 12.3. The van der Waals surface area contributed by atoms with E-state index in [2.05, 4.69) is 12.2 Å². The number of methoxy groups -OCH3 is 1. The summed E-state index contributed by atoms with van der Waals surface area (Å²) in [5.74, 6) is -0.244. The lowest BCUT2D eigenvalue weighted by Gasteiger charge is -2.18. The van der Waals surface area contributed by atoms with Crippen molar-refractivity contribution in [1.29, 1.82) is 0 Å². The Morgan fingerprint density at radius 1 is 1.29 bits per heavy atom. The highest BCUT2D eigenvalue weighted by Gasteiger charge is 2.17. The van der Waals surface area contributed by atoms with Crippen LogP contribution in [-0.2, 0) is 4.74 Å². The molecular weight excluding hydrogens is 266 g/mol. The highest BCUT2D eigenvalue weighted by molar-refractivity contribution is 6.03. The van der Waals surface area contributed by atoms with E-state index in [1.807, 2.05) is 24.3 Å². The summed E-state index contributed by atoms with van der Waals surface area (Å²) in [6.07, 6.45) is 1.80. The van der Waals surface area contributed by atoms with Gasteiger partial charge in [0.05, 0.1) is 18.2 Å². The standard InChI is InChI=1S/C17H21NO3/c1-3-6-13(11-21-2)18-17(20)15-10-9-12-7-4-5-8-14(12)16(15)19/h4-5,7-10,13,19H,3,6,11H2,1-2H3,(H,18,20). The fourth-order valence-corrected chi connectivity index (χ4v) is 2.45. The topological polar surface area (TPSA) is 58.6 Å². The van der Waals surface area contributed by atoms with Gasteiger partial charge in [-0.3, -0.25) is 4.79 Å². The molecule has 2 N–H and O–H groups in total. The number of phenols is 1. The summed E-state index contributed by atoms with van der Waals surface area (Å²) in [5, 5.41) is 14.8. The van der Waals surface area contributed by atoms with Crippen LogP contribution in [0.4, 0.5) is 0 Å². The van der Waals surface area contributed by atoms with E-state index in [4.69, 9.17) is 4.74 Å². The average Bonchev–Trinajstić information content (AvgIpc) is 2.48. The first kappa shape index (κ1) is 15.3. The number of carbonyl (C=O) groups is 1. The first-order chi connectivity index (χ1) is 10.2. The predicted molar refractivity (Wildman–Crippen MR) is 83.7 cm³/mol. The number of carbonyl (C=O) groups excluding carboxylic acids is 1. The number of benzene rings is 2. The van der Waals surface area contributed by atoms with Crippen molar-refractivity contribution in [2.24, 2.45) is 0 Å². The van der Waals surface area contributed by atoms with Gasteiger partial charge in [-0.15, -0.1) is 0 Å². The lowest BCUT2D eigenvalue weighted by atomic mass is 10.0. The highest BCUT2D eigenvalue weighted by Crippen LogP contribution is 2.28. The van der Waals surface area contributed by atoms with E-state index in [0.29, 0.717) is 17.6 Å². The number of hydrogen-bond donors (Lipinski definition) is 2. The normalized spacial score (nSPS) is 12.3. The first-order valence-electron chi connectivity index (χ1n) is 7.17. The van der Waals surface area contributed by atoms with Crippen LogP contribution in [0.25, 0.3) is 10.8 Å². The molecule has 0 aliphatic carbocycles. The zero-order valence-corrected chi connectivity index (χ0v) is 12.4. The van der Waals surface area contributed by atoms with E-state index < -0.39 is 0 Å². The molecule has 1 amide bonds. The van der Waals surface area contributed by atoms with Crippen LogP contribution in [-0.4, -0.2) is 30.8 Å². The Morgan fingerprint density at radius 3 is 2.76 bits per heavy atom. The second-order valence-electron chi connectivity index (χ2n) is 5.10. The maximum atomic E-state index is 12.3. The van der Waals surface area contributed by atoms with Crippen LogP contribution in [0.15, 0.2) is 36.4 Å². The van der Waals surface area contributed by atoms with Crippen molar-refractivity contribution in [3.63, 3.8) is 0 Å². The van der Waals surface area contributed by atoms with Gasteiger partial charge in [0.15, 0.2) is 0 Å². The van der Waals surface area contributed by atoms with Gasteiger partial charge in [-0.1, -0.05) is 43.7 Å². The van der Waals surface area contributed by atoms with Crippen molar-refractivity contribution in [3.05, 3.63) is 42.0 Å². The summed E-state index contributed by atoms with van der Waals surface area (Å²) in [6, 6.07) is 10.9. The summed E-state index contributed by atoms with van der Waals surface area (Å²) in [5.41, 5.74) is 0.297. The fourth-order valence-electron chi connectivity index (χ4n) is 2.45. The summed E-state index contributed by atoms with van der Waals surface area (Å²) >= 11 is 0. The molecule has 1 unspecified atom stereocenters. The maximum absolute atomic E-state index is 12.3. The lowest BCUT2D eigenvalue weighted by molar-refractivity contribution is 0.0889. The highest BCUT2D eigenvalue weighted by atomic mass is 16.5. The molecule has 0 aliphatic rings. The van der Waals surface area contributed by atoms with Gasteiger partial charge in [-0.05, 0) is 17.9 Å². The number of rotatable bonds is 6. The number of amides is 1. The summed E-state index contributed by atoms with van der Waals surface area (Å²) < 4.78 is 5.12. The molecular formula is C17H21NO3. The minimum atomic E-state index is -0.270. The van der Waals surface area contributed by atoms with Crippen LogP contribution < -0.4 is 5.32 Å². The zero-order valence-electron chi connectivity index (χ0n) is 12.4. The molecule has 4 heteroatoms. The number of fused-ring (bicyclic) bond motifs is 1. The maximum Gasteiger partial charge on any atom is 0.255 e. The van der Waals surface area contributed by atoms with Gasteiger partial charge >= 0.3 is 0 Å². The number of nitrogens with one attached hydrogen (secondary N) is 1. The molecule has 112 valence electrons. The SMILES string of the molecule is CCCC(COC)NC(=O)c1ccc2ccccc2c1O. The third kappa shape index (κ3) is 3.52. The Morgan fingerprint density at radius 2 is 2.05 bits per heavy atom. The van der Waals surface area contributed by atoms with Gasteiger partial charge in [-0.2, -0.15) is 0 Å². The minimum Gasteiger partial charge on any atom is -0.506 e. The summed E-state index contributed by atoms with van der Waals surface area (Å²) in [7, 11) is 1.61. The minimum absolute atomic E-state index is 0.0262. The van der Waals surface area contributed by atoms with Crippen LogP contribution in [0.2, 0.25) is 0 Å². The molecule has 21 heavy (non-hydrogen) atoms. The van der Waals surface area contributed by atoms with Crippen molar-refractivity contribution in [2.45, 2.75) is 25.8 Å². The van der Waals surface area contributed by atoms with Crippen LogP contribution in [0.1, 0.15) is 30.1 Å². The molecule has 0 fully saturated rings. The van der Waals surface area contributed by atoms with Gasteiger partial charge in [0.1, 0.15) is 5.75 Å². The molecule has 0 aliphatic heterocycles. The molecule has 0 saturated carbocycles. The van der Waals surface area contributed by atoms with Crippen LogP contribution in [0.5, 0.6) is 5.75 Å². The monoisotopic (exact) mass is 287 g/mol. The van der Waals surface area contributed by atoms with Crippen LogP contribution >= 0.6 is 0 Å². The Bertz CT molecular complexity index is 618. The average molecular weight is 287 g/mol. The van der Waals surface area contributed by atoms with Gasteiger partial charge in [0, 0.05) is 12.5 Å². The molecule has 1 atom stereocenters. The van der Waals surface area contributed by atoms with Crippen molar-refractivity contribution in [1.82, 2.24) is 5.32 Å². The van der Waals surface area contributed by atoms with Gasteiger partial charge < -0.3 is 15.2 Å². The van der Waals surface area contributed by atoms with E-state index in [-0.39, 0.29) is 17.7 Å². The van der Waals surface area contributed by atoms with E-state index in [1.165, 1.54) is 0 Å². The van der Waals surface area contributed by atoms with Gasteiger partial charge in [0.2, 0.25) is 0 Å². The van der Waals surface area contributed by atoms with E-state index in [1.54, 1.807) is 19.2 Å². The van der Waals surface area contributed by atoms with E-state index in [9.17, 15) is 9.90 Å². The van der Waals surface area contributed by atoms with Gasteiger partial charge in [-0.25, -0.2) is 0 Å². The van der Waals surface area contributed by atoms with Crippen molar-refractivity contribution in [2.75, 3.05) is 13.7 Å². The largest absolute Gasteiger partial charge is 0.506 e. The smallest absolute Gasteiger partial charge is 0.255 e. The van der Waals surface area contributed by atoms with Gasteiger partial charge in [0.25, 0.3) is 5.91 Å². The molecule has 0 radical (unpaired) electrons. The second-order valence-corrected chi connectivity index (χ2v) is 5.10. The quantitative estimate of drug-likeness (QED) is 0.858. The third-order valence-electron chi connectivity index (χ3n) is 3.49. The number of aromatic hydroxyl groups is 1. The molecule has 2 rings (SSSR count). The number of hydrogen-bond acceptors (Lipinski definition) is 3. The van der Waals surface area contributed by atoms with E-state index in [0.717, 1.165) is 18.2 Å². The van der Waals surface area contributed by atoms with Crippen molar-refractivity contribution in [3.8, 4) is 5.75 Å². The lowest BCUT2D eigenvalue weighted by Crippen LogP contribution is -2.37. The molecule has 0 bridgehead atoms. The van der Waals surface area contributed by atoms with E-state index >= 15 is 0 Å². The van der Waals surface area contributed by atoms with Crippen LogP contribution in [0.3, 0.4) is 0 Å². The Balaban J connectivity index is 2.24. The van der Waals surface area contributed by atoms with Crippen molar-refractivity contribution < 1.29 is 14.6 Å². The number of phenolic OH excluding ortho intramolecular Hbond substituents is 1. The van der Waals surface area contributed by atoms with Crippen LogP contribution in [0, 0.1) is 0 Å². The third-order valence-corrected chi connectivity index (χ3v) is 3.49. The predicted octanol–water partition coefficient (Wildman–Crippen LogP) is 3.09. The Labute approximate surface area is 124 Å². The fraction of sp³-hybridized carbons (Fsp3) is 0.353. The molecule has 4 nitrogen and oxygen atoms in total. The molecule has 0 aromatic heterocycles. The second kappa shape index (κ2) is 7.09. The molecule has 2 aromatic carbocycles. The first-order valence-corrected chi connectivity index (χ1v) is 7.17. The molecule has 0 spiro atoms. The molecule has 2 aromatic rings. The zero-order chi connectivity index (χ0) is 15.2.